The number of carbonyl (C=O) groups excluding carboxylic acids is 1. The van der Waals surface area contributed by atoms with Crippen molar-refractivity contribution in [2.24, 2.45) is 5.92 Å². The van der Waals surface area contributed by atoms with E-state index in [0.717, 1.165) is 28.8 Å². The van der Waals surface area contributed by atoms with E-state index in [1.807, 2.05) is 36.6 Å². The van der Waals surface area contributed by atoms with Crippen LogP contribution >= 0.6 is 23.1 Å². The number of benzene rings is 1. The van der Waals surface area contributed by atoms with Crippen LogP contribution in [0.25, 0.3) is 0 Å². The zero-order valence-electron chi connectivity index (χ0n) is 17.0. The molecule has 9 heteroatoms. The number of amides is 1. The molecule has 0 aliphatic heterocycles. The van der Waals surface area contributed by atoms with Crippen LogP contribution < -0.4 is 10.1 Å². The first-order chi connectivity index (χ1) is 14.0. The van der Waals surface area contributed by atoms with Crippen molar-refractivity contribution in [2.45, 2.75) is 44.1 Å². The van der Waals surface area contributed by atoms with Crippen LogP contribution in [-0.4, -0.2) is 38.0 Å². The lowest BCUT2D eigenvalue weighted by atomic mass is 10.1. The highest BCUT2D eigenvalue weighted by Gasteiger charge is 2.21. The van der Waals surface area contributed by atoms with Gasteiger partial charge in [-0.05, 0) is 30.5 Å². The summed E-state index contributed by atoms with van der Waals surface area (Å²) < 4.78 is 7.34. The average Bonchev–Trinajstić information content (AvgIpc) is 3.33. The van der Waals surface area contributed by atoms with Crippen molar-refractivity contribution >= 4 is 34.1 Å². The molecule has 3 rings (SSSR count). The molecule has 1 amide bonds. The molecule has 0 radical (unpaired) electrons. The highest BCUT2D eigenvalue weighted by molar-refractivity contribution is 8.00. The fraction of sp³-hybridized carbons (Fsp3) is 0.400. The van der Waals surface area contributed by atoms with E-state index in [-0.39, 0.29) is 11.2 Å². The number of thiazole rings is 1. The van der Waals surface area contributed by atoms with Crippen LogP contribution in [0.15, 0.2) is 41.0 Å². The molecule has 0 fully saturated rings. The van der Waals surface area contributed by atoms with Gasteiger partial charge >= 0.3 is 0 Å². The molecule has 1 aromatic carbocycles. The number of methoxy groups -OCH3 is 1. The highest BCUT2D eigenvalue weighted by Crippen LogP contribution is 2.26. The molecular weight excluding hydrogens is 406 g/mol. The molecular formula is C20H25N5O2S2. The number of thioether (sulfide) groups is 1. The van der Waals surface area contributed by atoms with Crippen molar-refractivity contribution in [3.8, 4) is 5.75 Å². The van der Waals surface area contributed by atoms with Gasteiger partial charge in [-0.25, -0.2) is 4.98 Å². The summed E-state index contributed by atoms with van der Waals surface area (Å²) in [6, 6.07) is 7.95. The van der Waals surface area contributed by atoms with Crippen molar-refractivity contribution < 1.29 is 9.53 Å². The first-order valence-electron chi connectivity index (χ1n) is 9.38. The Labute approximate surface area is 178 Å². The second kappa shape index (κ2) is 9.89. The summed E-state index contributed by atoms with van der Waals surface area (Å²) >= 11 is 2.81. The summed E-state index contributed by atoms with van der Waals surface area (Å²) in [4.78, 5) is 16.6. The maximum atomic E-state index is 12.5. The zero-order chi connectivity index (χ0) is 20.8. The van der Waals surface area contributed by atoms with Crippen LogP contribution in [-0.2, 0) is 17.8 Å². The molecule has 3 aromatic rings. The number of carbonyl (C=O) groups is 1. The van der Waals surface area contributed by atoms with Crippen LogP contribution in [0.5, 0.6) is 5.75 Å². The van der Waals surface area contributed by atoms with Crippen LogP contribution in [0.4, 0.5) is 5.13 Å². The van der Waals surface area contributed by atoms with Crippen molar-refractivity contribution in [3.05, 3.63) is 47.2 Å². The highest BCUT2D eigenvalue weighted by atomic mass is 32.2. The molecule has 2 aromatic heterocycles. The van der Waals surface area contributed by atoms with E-state index in [1.54, 1.807) is 13.3 Å². The van der Waals surface area contributed by atoms with E-state index in [2.05, 4.69) is 38.9 Å². The second-order valence-electron chi connectivity index (χ2n) is 7.01. The topological polar surface area (TPSA) is 81.9 Å². The molecule has 0 spiro atoms. The third-order valence-corrected chi connectivity index (χ3v) is 5.95. The molecule has 0 saturated heterocycles. The minimum atomic E-state index is -0.317. The van der Waals surface area contributed by atoms with Gasteiger partial charge in [0, 0.05) is 24.5 Å². The van der Waals surface area contributed by atoms with E-state index in [9.17, 15) is 4.79 Å². The quantitative estimate of drug-likeness (QED) is 0.514. The van der Waals surface area contributed by atoms with Crippen molar-refractivity contribution in [1.82, 2.24) is 19.7 Å². The molecule has 0 aliphatic carbocycles. The Morgan fingerprint density at radius 3 is 2.62 bits per heavy atom. The molecule has 0 bridgehead atoms. The Balaban J connectivity index is 1.74. The predicted molar refractivity (Wildman–Crippen MR) is 117 cm³/mol. The van der Waals surface area contributed by atoms with Gasteiger partial charge in [-0.3, -0.25) is 4.79 Å². The van der Waals surface area contributed by atoms with Crippen molar-refractivity contribution in [3.63, 3.8) is 0 Å². The van der Waals surface area contributed by atoms with Crippen LogP contribution in [0.2, 0.25) is 0 Å². The summed E-state index contributed by atoms with van der Waals surface area (Å²) in [5, 5.41) is 14.5. The van der Waals surface area contributed by atoms with Crippen molar-refractivity contribution in [1.29, 1.82) is 0 Å². The molecule has 0 aliphatic rings. The van der Waals surface area contributed by atoms with E-state index < -0.39 is 0 Å². The minimum absolute atomic E-state index is 0.0965. The van der Waals surface area contributed by atoms with Crippen LogP contribution in [0, 0.1) is 5.92 Å². The van der Waals surface area contributed by atoms with E-state index in [4.69, 9.17) is 4.74 Å². The first-order valence-corrected chi connectivity index (χ1v) is 11.1. The van der Waals surface area contributed by atoms with Gasteiger partial charge in [0.25, 0.3) is 0 Å². The summed E-state index contributed by atoms with van der Waals surface area (Å²) in [5.41, 5.74) is 1.13. The summed E-state index contributed by atoms with van der Waals surface area (Å²) in [6.45, 7) is 6.97. The Morgan fingerprint density at radius 1 is 1.24 bits per heavy atom. The lowest BCUT2D eigenvalue weighted by Crippen LogP contribution is -2.23. The van der Waals surface area contributed by atoms with Gasteiger partial charge in [0.05, 0.1) is 12.4 Å². The molecule has 1 atom stereocenters. The SMILES string of the molecule is COc1ccc(Cc2nnc(S[C@H](C)C(=O)Nc3nccs3)n2CC(C)C)cc1. The molecule has 2 heterocycles. The van der Waals surface area contributed by atoms with Gasteiger partial charge in [-0.1, -0.05) is 37.7 Å². The maximum Gasteiger partial charge on any atom is 0.239 e. The van der Waals surface area contributed by atoms with Gasteiger partial charge in [0.15, 0.2) is 10.3 Å². The van der Waals surface area contributed by atoms with Crippen LogP contribution in [0.3, 0.4) is 0 Å². The number of aromatic nitrogens is 4. The summed E-state index contributed by atoms with van der Waals surface area (Å²) in [6.07, 6.45) is 2.34. The van der Waals surface area contributed by atoms with Crippen LogP contribution in [0.1, 0.15) is 32.2 Å². The Morgan fingerprint density at radius 2 is 2.00 bits per heavy atom. The summed E-state index contributed by atoms with van der Waals surface area (Å²) in [5.74, 6) is 2.05. The number of ether oxygens (including phenoxy) is 1. The number of hydrogen-bond donors (Lipinski definition) is 1. The van der Waals surface area contributed by atoms with Gasteiger partial charge < -0.3 is 14.6 Å². The molecule has 7 nitrogen and oxygen atoms in total. The average molecular weight is 432 g/mol. The fourth-order valence-corrected chi connectivity index (χ4v) is 4.12. The normalized spacial score (nSPS) is 12.2. The smallest absolute Gasteiger partial charge is 0.239 e. The Bertz CT molecular complexity index is 923. The lowest BCUT2D eigenvalue weighted by molar-refractivity contribution is -0.115. The number of nitrogens with one attached hydrogen (secondary N) is 1. The molecule has 0 saturated carbocycles. The standard InChI is InChI=1S/C20H25N5O2S2/c1-13(2)12-25-17(11-15-5-7-16(27-4)8-6-15)23-24-20(25)29-14(3)18(26)22-19-21-9-10-28-19/h5-10,13-14H,11-12H2,1-4H3,(H,21,22,26)/t14-/m1/s1. The fourth-order valence-electron chi connectivity index (χ4n) is 2.72. The number of hydrogen-bond acceptors (Lipinski definition) is 7. The van der Waals surface area contributed by atoms with E-state index in [0.29, 0.717) is 17.5 Å². The van der Waals surface area contributed by atoms with E-state index in [1.165, 1.54) is 23.1 Å². The summed E-state index contributed by atoms with van der Waals surface area (Å²) in [7, 11) is 1.66. The second-order valence-corrected chi connectivity index (χ2v) is 9.22. The maximum absolute atomic E-state index is 12.5. The largest absolute Gasteiger partial charge is 0.497 e. The third-order valence-electron chi connectivity index (χ3n) is 4.18. The number of rotatable bonds is 9. The first kappa shape index (κ1) is 21.3. The number of anilines is 1. The zero-order valence-corrected chi connectivity index (χ0v) is 18.6. The monoisotopic (exact) mass is 431 g/mol. The lowest BCUT2D eigenvalue weighted by Gasteiger charge is -2.15. The molecule has 29 heavy (non-hydrogen) atoms. The molecule has 154 valence electrons. The number of nitrogens with zero attached hydrogens (tertiary/aromatic N) is 4. The Kier molecular flexibility index (Phi) is 7.27. The molecule has 0 unspecified atom stereocenters. The molecule has 1 N–H and O–H groups in total. The van der Waals surface area contributed by atoms with Gasteiger partial charge in [-0.15, -0.1) is 21.5 Å². The Hall–Kier alpha value is -2.39. The third kappa shape index (κ3) is 5.80. The van der Waals surface area contributed by atoms with Gasteiger partial charge in [0.1, 0.15) is 11.6 Å². The predicted octanol–water partition coefficient (Wildman–Crippen LogP) is 4.11. The van der Waals surface area contributed by atoms with E-state index >= 15 is 0 Å². The minimum Gasteiger partial charge on any atom is -0.497 e. The van der Waals surface area contributed by atoms with Gasteiger partial charge in [-0.2, -0.15) is 0 Å². The van der Waals surface area contributed by atoms with Gasteiger partial charge in [0.2, 0.25) is 5.91 Å². The van der Waals surface area contributed by atoms with Crippen molar-refractivity contribution in [2.75, 3.05) is 12.4 Å².